The molecule has 1 fully saturated rings. The number of rotatable bonds is 8. The highest BCUT2D eigenvalue weighted by Gasteiger charge is 2.23. The Morgan fingerprint density at radius 2 is 1.85 bits per heavy atom. The lowest BCUT2D eigenvalue weighted by molar-refractivity contribution is 0.0812. The molecule has 1 aromatic heterocycles. The van der Waals surface area contributed by atoms with Gasteiger partial charge in [-0.2, -0.15) is 0 Å². The van der Waals surface area contributed by atoms with Crippen LogP contribution in [0.3, 0.4) is 0 Å². The molecule has 174 valence electrons. The van der Waals surface area contributed by atoms with Gasteiger partial charge in [-0.3, -0.25) is 4.90 Å². The van der Waals surface area contributed by atoms with Gasteiger partial charge in [-0.1, -0.05) is 25.1 Å². The van der Waals surface area contributed by atoms with Crippen molar-refractivity contribution in [2.45, 2.75) is 32.4 Å². The van der Waals surface area contributed by atoms with Crippen molar-refractivity contribution in [1.29, 1.82) is 0 Å². The van der Waals surface area contributed by atoms with Gasteiger partial charge in [-0.05, 0) is 55.3 Å². The van der Waals surface area contributed by atoms with E-state index in [0.29, 0.717) is 30.5 Å². The van der Waals surface area contributed by atoms with E-state index in [1.54, 1.807) is 6.20 Å². The SMILES string of the molecule is CCC1CN(C)CCN1Cc1cccc(-c2ccnc(NCCc3cc(F)cc(F)c3)n2)c1. The summed E-state index contributed by atoms with van der Waals surface area (Å²) in [7, 11) is 2.19. The molecule has 0 bridgehead atoms. The van der Waals surface area contributed by atoms with Gasteiger partial charge in [0.15, 0.2) is 0 Å². The molecule has 5 nitrogen and oxygen atoms in total. The topological polar surface area (TPSA) is 44.3 Å². The number of hydrogen-bond donors (Lipinski definition) is 1. The Balaban J connectivity index is 1.40. The third kappa shape index (κ3) is 6.33. The first-order valence-corrected chi connectivity index (χ1v) is 11.5. The van der Waals surface area contributed by atoms with Crippen molar-refractivity contribution >= 4 is 5.95 Å². The molecule has 1 aliphatic rings. The van der Waals surface area contributed by atoms with E-state index in [1.165, 1.54) is 17.7 Å². The average Bonchev–Trinajstić information content (AvgIpc) is 2.80. The van der Waals surface area contributed by atoms with Crippen molar-refractivity contribution in [2.24, 2.45) is 0 Å². The number of benzene rings is 2. The van der Waals surface area contributed by atoms with E-state index in [-0.39, 0.29) is 0 Å². The second kappa shape index (κ2) is 10.8. The van der Waals surface area contributed by atoms with Crippen LogP contribution >= 0.6 is 0 Å². The minimum absolute atomic E-state index is 0.474. The first-order valence-electron chi connectivity index (χ1n) is 11.5. The molecule has 1 unspecified atom stereocenters. The predicted molar refractivity (Wildman–Crippen MR) is 128 cm³/mol. The number of piperazine rings is 1. The molecule has 0 aliphatic carbocycles. The van der Waals surface area contributed by atoms with Gasteiger partial charge in [0, 0.05) is 56.6 Å². The highest BCUT2D eigenvalue weighted by Crippen LogP contribution is 2.22. The maximum absolute atomic E-state index is 13.4. The number of aromatic nitrogens is 2. The van der Waals surface area contributed by atoms with Gasteiger partial charge in [-0.25, -0.2) is 18.7 Å². The van der Waals surface area contributed by atoms with Crippen LogP contribution in [-0.4, -0.2) is 59.0 Å². The normalized spacial score (nSPS) is 17.3. The summed E-state index contributed by atoms with van der Waals surface area (Å²) >= 11 is 0. The highest BCUT2D eigenvalue weighted by atomic mass is 19.1. The lowest BCUT2D eigenvalue weighted by Gasteiger charge is -2.39. The molecule has 7 heteroatoms. The lowest BCUT2D eigenvalue weighted by Crippen LogP contribution is -2.50. The van der Waals surface area contributed by atoms with E-state index in [0.717, 1.165) is 49.9 Å². The quantitative estimate of drug-likeness (QED) is 0.542. The second-order valence-electron chi connectivity index (χ2n) is 8.72. The van der Waals surface area contributed by atoms with Crippen molar-refractivity contribution < 1.29 is 8.78 Å². The average molecular weight is 452 g/mol. The Hall–Kier alpha value is -2.90. The monoisotopic (exact) mass is 451 g/mol. The maximum Gasteiger partial charge on any atom is 0.223 e. The van der Waals surface area contributed by atoms with E-state index < -0.39 is 11.6 Å². The molecule has 1 saturated heterocycles. The fourth-order valence-electron chi connectivity index (χ4n) is 4.39. The van der Waals surface area contributed by atoms with Crippen LogP contribution in [0.2, 0.25) is 0 Å². The molecule has 3 aromatic rings. The number of anilines is 1. The molecular formula is C26H31F2N5. The Bertz CT molecular complexity index is 1050. The van der Waals surface area contributed by atoms with Crippen LogP contribution in [0, 0.1) is 11.6 Å². The molecule has 33 heavy (non-hydrogen) atoms. The Kier molecular flexibility index (Phi) is 7.62. The Labute approximate surface area is 194 Å². The van der Waals surface area contributed by atoms with E-state index in [2.05, 4.69) is 63.3 Å². The molecule has 2 aromatic carbocycles. The molecule has 1 aliphatic heterocycles. The summed E-state index contributed by atoms with van der Waals surface area (Å²) < 4.78 is 26.7. The van der Waals surface area contributed by atoms with Crippen LogP contribution < -0.4 is 5.32 Å². The lowest BCUT2D eigenvalue weighted by atomic mass is 10.0. The van der Waals surface area contributed by atoms with E-state index in [9.17, 15) is 8.78 Å². The van der Waals surface area contributed by atoms with Crippen molar-refractivity contribution in [1.82, 2.24) is 19.8 Å². The summed E-state index contributed by atoms with van der Waals surface area (Å²) in [5.74, 6) is -0.630. The maximum atomic E-state index is 13.4. The van der Waals surface area contributed by atoms with Crippen molar-refractivity contribution in [3.63, 3.8) is 0 Å². The Morgan fingerprint density at radius 1 is 1.03 bits per heavy atom. The summed E-state index contributed by atoms with van der Waals surface area (Å²) in [5.41, 5.74) is 3.76. The van der Waals surface area contributed by atoms with Crippen LogP contribution in [0.1, 0.15) is 24.5 Å². The van der Waals surface area contributed by atoms with Gasteiger partial charge in [0.25, 0.3) is 0 Å². The molecule has 0 spiro atoms. The Morgan fingerprint density at radius 3 is 2.64 bits per heavy atom. The molecule has 4 rings (SSSR count). The van der Waals surface area contributed by atoms with Crippen molar-refractivity contribution in [3.05, 3.63) is 77.5 Å². The standard InChI is InChI=1S/C26H31F2N5/c1-3-24-18-32(2)11-12-33(24)17-20-5-4-6-21(13-20)25-8-10-30-26(31-25)29-9-7-19-14-22(27)16-23(28)15-19/h4-6,8,10,13-16,24H,3,7,9,11-12,17-18H2,1-2H3,(H,29,30,31). The van der Waals surface area contributed by atoms with Gasteiger partial charge in [0.1, 0.15) is 11.6 Å². The van der Waals surface area contributed by atoms with Gasteiger partial charge < -0.3 is 10.2 Å². The van der Waals surface area contributed by atoms with Crippen molar-refractivity contribution in [2.75, 3.05) is 38.5 Å². The van der Waals surface area contributed by atoms with Gasteiger partial charge in [0.05, 0.1) is 5.69 Å². The predicted octanol–water partition coefficient (Wildman–Crippen LogP) is 4.60. The minimum atomic E-state index is -0.565. The van der Waals surface area contributed by atoms with Crippen LogP contribution in [0.4, 0.5) is 14.7 Å². The fraction of sp³-hybridized carbons (Fsp3) is 0.385. The first-order chi connectivity index (χ1) is 16.0. The highest BCUT2D eigenvalue weighted by molar-refractivity contribution is 5.61. The molecule has 0 radical (unpaired) electrons. The van der Waals surface area contributed by atoms with E-state index >= 15 is 0 Å². The molecule has 1 atom stereocenters. The number of hydrogen-bond acceptors (Lipinski definition) is 5. The zero-order valence-corrected chi connectivity index (χ0v) is 19.3. The van der Waals surface area contributed by atoms with E-state index in [4.69, 9.17) is 0 Å². The van der Waals surface area contributed by atoms with Crippen LogP contribution in [0.15, 0.2) is 54.7 Å². The van der Waals surface area contributed by atoms with Gasteiger partial charge in [0.2, 0.25) is 5.95 Å². The zero-order chi connectivity index (χ0) is 23.2. The number of nitrogens with one attached hydrogen (secondary N) is 1. The molecular weight excluding hydrogens is 420 g/mol. The van der Waals surface area contributed by atoms with Crippen molar-refractivity contribution in [3.8, 4) is 11.3 Å². The minimum Gasteiger partial charge on any atom is -0.354 e. The summed E-state index contributed by atoms with van der Waals surface area (Å²) in [5, 5.41) is 3.16. The first kappa shape index (κ1) is 23.3. The van der Waals surface area contributed by atoms with Gasteiger partial charge >= 0.3 is 0 Å². The summed E-state index contributed by atoms with van der Waals surface area (Å²) in [4.78, 5) is 13.9. The van der Waals surface area contributed by atoms with Crippen LogP contribution in [-0.2, 0) is 13.0 Å². The largest absolute Gasteiger partial charge is 0.354 e. The summed E-state index contributed by atoms with van der Waals surface area (Å²) in [6.45, 7) is 6.96. The molecule has 0 saturated carbocycles. The number of nitrogens with zero attached hydrogens (tertiary/aromatic N) is 4. The number of likely N-dealkylation sites (N-methyl/N-ethyl adjacent to an activating group) is 1. The third-order valence-corrected chi connectivity index (χ3v) is 6.16. The molecule has 0 amide bonds. The smallest absolute Gasteiger partial charge is 0.223 e. The van der Waals surface area contributed by atoms with E-state index in [1.807, 2.05) is 6.07 Å². The van der Waals surface area contributed by atoms with Gasteiger partial charge in [-0.15, -0.1) is 0 Å². The zero-order valence-electron chi connectivity index (χ0n) is 19.3. The van der Waals surface area contributed by atoms with Crippen LogP contribution in [0.5, 0.6) is 0 Å². The summed E-state index contributed by atoms with van der Waals surface area (Å²) in [6, 6.07) is 14.6. The second-order valence-corrected chi connectivity index (χ2v) is 8.72. The third-order valence-electron chi connectivity index (χ3n) is 6.16. The van der Waals surface area contributed by atoms with Crippen LogP contribution in [0.25, 0.3) is 11.3 Å². The number of halogens is 2. The molecule has 1 N–H and O–H groups in total. The fourth-order valence-corrected chi connectivity index (χ4v) is 4.39. The molecule has 2 heterocycles. The summed E-state index contributed by atoms with van der Waals surface area (Å²) in [6.07, 6.45) is 3.35.